The molecule has 0 aliphatic heterocycles. The number of hydrogen-bond donors (Lipinski definition) is 2. The molecule has 1 fully saturated rings. The highest BCUT2D eigenvalue weighted by atomic mass is 19.4. The van der Waals surface area contributed by atoms with E-state index in [1.54, 1.807) is 18.3 Å². The van der Waals surface area contributed by atoms with Crippen LogP contribution < -0.4 is 10.6 Å². The molecule has 1 atom stereocenters. The topological polar surface area (TPSA) is 115 Å². The van der Waals surface area contributed by atoms with Crippen molar-refractivity contribution in [2.45, 2.75) is 58.3 Å². The SMILES string of the molecule is Cc1ccc([C@H](Nc2cc(C#N)c3ncc(C#N)c(NCC(C)(C)C)c3c2)c2cnn(C3(C(F)(F)F)CC3)c2)cn1. The Bertz CT molecular complexity index is 1680. The van der Waals surface area contributed by atoms with Gasteiger partial charge in [-0.3, -0.25) is 14.6 Å². The van der Waals surface area contributed by atoms with Crippen LogP contribution in [0.15, 0.2) is 49.1 Å². The second-order valence-corrected chi connectivity index (χ2v) is 11.7. The van der Waals surface area contributed by atoms with E-state index in [-0.39, 0.29) is 18.3 Å². The highest BCUT2D eigenvalue weighted by molar-refractivity contribution is 5.99. The molecule has 41 heavy (non-hydrogen) atoms. The molecule has 210 valence electrons. The van der Waals surface area contributed by atoms with E-state index in [9.17, 15) is 23.7 Å². The smallest absolute Gasteiger partial charge is 0.383 e. The molecule has 0 radical (unpaired) electrons. The summed E-state index contributed by atoms with van der Waals surface area (Å²) in [7, 11) is 0. The van der Waals surface area contributed by atoms with Crippen LogP contribution in [0.4, 0.5) is 24.5 Å². The van der Waals surface area contributed by atoms with Crippen molar-refractivity contribution in [1.29, 1.82) is 10.5 Å². The Hall–Kier alpha value is -4.64. The van der Waals surface area contributed by atoms with Crippen molar-refractivity contribution >= 4 is 22.3 Å². The zero-order chi connectivity index (χ0) is 29.6. The van der Waals surface area contributed by atoms with Crippen molar-refractivity contribution in [3.05, 3.63) is 77.0 Å². The average Bonchev–Trinajstić information content (AvgIpc) is 3.61. The molecule has 1 aliphatic rings. The summed E-state index contributed by atoms with van der Waals surface area (Å²) in [5.41, 5.74) is 2.11. The Labute approximate surface area is 235 Å². The van der Waals surface area contributed by atoms with Crippen LogP contribution in [0, 0.1) is 35.0 Å². The number of alkyl halides is 3. The fraction of sp³-hybridized carbons (Fsp3) is 0.367. The lowest BCUT2D eigenvalue weighted by Gasteiger charge is -2.23. The fourth-order valence-electron chi connectivity index (χ4n) is 4.76. The maximum atomic E-state index is 13.8. The van der Waals surface area contributed by atoms with Gasteiger partial charge in [0.15, 0.2) is 5.54 Å². The Kier molecular flexibility index (Phi) is 6.86. The first kappa shape index (κ1) is 27.9. The molecule has 1 aliphatic carbocycles. The number of fused-ring (bicyclic) bond motifs is 1. The molecule has 2 N–H and O–H groups in total. The van der Waals surface area contributed by atoms with Gasteiger partial charge < -0.3 is 10.6 Å². The number of halogens is 3. The average molecular weight is 559 g/mol. The standard InChI is InChI=1S/C30H29F3N8/c1-18-5-6-19(13-36-18)25(22-15-39-41(16-22)29(7-8-29)30(31,32)33)40-23-9-20(11-34)26-24(10-23)27(21(12-35)14-37-26)38-17-28(2,3)4/h5-6,9-10,13-16,25,40H,7-8,17H2,1-4H3,(H,37,38)/t25-/m0/s1. The fourth-order valence-corrected chi connectivity index (χ4v) is 4.76. The van der Waals surface area contributed by atoms with Gasteiger partial charge in [-0.1, -0.05) is 26.8 Å². The molecule has 1 saturated carbocycles. The molecular formula is C30H29F3N8. The van der Waals surface area contributed by atoms with E-state index in [1.807, 2.05) is 19.1 Å². The summed E-state index contributed by atoms with van der Waals surface area (Å²) in [5, 5.41) is 31.2. The summed E-state index contributed by atoms with van der Waals surface area (Å²) in [4.78, 5) is 8.78. The van der Waals surface area contributed by atoms with E-state index < -0.39 is 17.8 Å². The second kappa shape index (κ2) is 10.1. The molecule has 0 saturated heterocycles. The van der Waals surface area contributed by atoms with E-state index >= 15 is 0 Å². The van der Waals surface area contributed by atoms with Crippen LogP contribution in [0.1, 0.15) is 67.6 Å². The minimum absolute atomic E-state index is 0.0173. The molecule has 0 unspecified atom stereocenters. The molecule has 0 bridgehead atoms. The lowest BCUT2D eigenvalue weighted by molar-refractivity contribution is -0.182. The summed E-state index contributed by atoms with van der Waals surface area (Å²) in [6.45, 7) is 8.60. The minimum Gasteiger partial charge on any atom is -0.383 e. The number of aryl methyl sites for hydroxylation is 1. The normalized spacial score (nSPS) is 15.1. The minimum atomic E-state index is -4.41. The predicted octanol–water partition coefficient (Wildman–Crippen LogP) is 6.59. The molecule has 8 nitrogen and oxygen atoms in total. The van der Waals surface area contributed by atoms with Gasteiger partial charge >= 0.3 is 6.18 Å². The summed E-state index contributed by atoms with van der Waals surface area (Å²) in [6.07, 6.45) is 1.53. The second-order valence-electron chi connectivity index (χ2n) is 11.7. The molecule has 4 aromatic rings. The quantitative estimate of drug-likeness (QED) is 0.263. The van der Waals surface area contributed by atoms with Gasteiger partial charge in [-0.2, -0.15) is 28.8 Å². The van der Waals surface area contributed by atoms with Gasteiger partial charge in [-0.15, -0.1) is 0 Å². The third-order valence-electron chi connectivity index (χ3n) is 7.21. The van der Waals surface area contributed by atoms with Crippen molar-refractivity contribution in [3.63, 3.8) is 0 Å². The van der Waals surface area contributed by atoms with Crippen LogP contribution in [0.3, 0.4) is 0 Å². The van der Waals surface area contributed by atoms with Crippen LogP contribution in [-0.4, -0.2) is 32.5 Å². The third kappa shape index (κ3) is 5.40. The highest BCUT2D eigenvalue weighted by Crippen LogP contribution is 2.55. The zero-order valence-electron chi connectivity index (χ0n) is 23.1. The van der Waals surface area contributed by atoms with Gasteiger partial charge in [0.2, 0.25) is 0 Å². The molecule has 3 aromatic heterocycles. The number of hydrogen-bond acceptors (Lipinski definition) is 7. The number of nitriles is 2. The van der Waals surface area contributed by atoms with Crippen molar-refractivity contribution in [2.75, 3.05) is 17.2 Å². The molecule has 0 spiro atoms. The first-order chi connectivity index (χ1) is 19.3. The predicted molar refractivity (Wildman–Crippen MR) is 149 cm³/mol. The van der Waals surface area contributed by atoms with Crippen molar-refractivity contribution < 1.29 is 13.2 Å². The van der Waals surface area contributed by atoms with Crippen molar-refractivity contribution in [2.24, 2.45) is 5.41 Å². The van der Waals surface area contributed by atoms with Crippen molar-refractivity contribution in [1.82, 2.24) is 19.7 Å². The van der Waals surface area contributed by atoms with Gasteiger partial charge in [0.1, 0.15) is 12.1 Å². The van der Waals surface area contributed by atoms with Crippen LogP contribution >= 0.6 is 0 Å². The Balaban J connectivity index is 1.61. The lowest BCUT2D eigenvalue weighted by Crippen LogP contribution is -2.35. The van der Waals surface area contributed by atoms with E-state index in [0.29, 0.717) is 51.1 Å². The summed E-state index contributed by atoms with van der Waals surface area (Å²) < 4.78 is 42.5. The lowest BCUT2D eigenvalue weighted by atomic mass is 9.96. The van der Waals surface area contributed by atoms with Gasteiger partial charge in [-0.05, 0) is 48.9 Å². The monoisotopic (exact) mass is 558 g/mol. The number of nitrogens with one attached hydrogen (secondary N) is 2. The summed E-state index contributed by atoms with van der Waals surface area (Å²) in [6, 6.07) is 10.9. The number of rotatable bonds is 7. The molecule has 0 amide bonds. The first-order valence-corrected chi connectivity index (χ1v) is 13.2. The number of benzene rings is 1. The Morgan fingerprint density at radius 1 is 1.00 bits per heavy atom. The maximum absolute atomic E-state index is 13.8. The highest BCUT2D eigenvalue weighted by Gasteiger charge is 2.65. The van der Waals surface area contributed by atoms with Crippen LogP contribution in [-0.2, 0) is 5.54 Å². The Morgan fingerprint density at radius 2 is 1.73 bits per heavy atom. The summed E-state index contributed by atoms with van der Waals surface area (Å²) >= 11 is 0. The molecule has 3 heterocycles. The number of aromatic nitrogens is 4. The van der Waals surface area contributed by atoms with E-state index in [0.717, 1.165) is 10.4 Å². The van der Waals surface area contributed by atoms with Crippen LogP contribution in [0.2, 0.25) is 0 Å². The molecule has 1 aromatic carbocycles. The van der Waals surface area contributed by atoms with Gasteiger partial charge in [-0.25, -0.2) is 0 Å². The van der Waals surface area contributed by atoms with E-state index in [2.05, 4.69) is 58.6 Å². The van der Waals surface area contributed by atoms with Gasteiger partial charge in [0, 0.05) is 47.5 Å². The van der Waals surface area contributed by atoms with E-state index in [4.69, 9.17) is 0 Å². The van der Waals surface area contributed by atoms with Gasteiger partial charge in [0.25, 0.3) is 0 Å². The van der Waals surface area contributed by atoms with Crippen LogP contribution in [0.25, 0.3) is 10.9 Å². The number of anilines is 2. The maximum Gasteiger partial charge on any atom is 0.413 e. The largest absolute Gasteiger partial charge is 0.413 e. The Morgan fingerprint density at radius 3 is 2.32 bits per heavy atom. The van der Waals surface area contributed by atoms with Gasteiger partial charge in [0.05, 0.1) is 34.6 Å². The molecule has 11 heteroatoms. The molecular weight excluding hydrogens is 529 g/mol. The summed E-state index contributed by atoms with van der Waals surface area (Å²) in [5.74, 6) is 0. The van der Waals surface area contributed by atoms with Crippen molar-refractivity contribution in [3.8, 4) is 12.1 Å². The number of pyridine rings is 2. The van der Waals surface area contributed by atoms with Crippen LogP contribution in [0.5, 0.6) is 0 Å². The van der Waals surface area contributed by atoms with E-state index in [1.165, 1.54) is 18.6 Å². The number of nitrogens with zero attached hydrogens (tertiary/aromatic N) is 6. The zero-order valence-corrected chi connectivity index (χ0v) is 23.1. The first-order valence-electron chi connectivity index (χ1n) is 13.2. The third-order valence-corrected chi connectivity index (χ3v) is 7.21. The molecule has 5 rings (SSSR count).